The van der Waals surface area contributed by atoms with Crippen LogP contribution in [0.15, 0.2) is 65.5 Å². The molecule has 1 aliphatic rings. The van der Waals surface area contributed by atoms with Crippen molar-refractivity contribution in [1.29, 1.82) is 0 Å². The molecule has 0 atom stereocenters. The number of anilines is 1. The topological polar surface area (TPSA) is 87.4 Å². The van der Waals surface area contributed by atoms with E-state index in [1.54, 1.807) is 6.08 Å². The summed E-state index contributed by atoms with van der Waals surface area (Å²) in [6, 6.07) is 15.8. The van der Waals surface area contributed by atoms with Crippen molar-refractivity contribution in [3.63, 3.8) is 0 Å². The molecule has 2 N–H and O–H groups in total. The first-order chi connectivity index (χ1) is 15.1. The van der Waals surface area contributed by atoms with Gasteiger partial charge in [-0.3, -0.25) is 19.8 Å². The standard InChI is InChI=1S/C24H21N3O4/c1-27(2)18-11-8-16(9-12-18)7-10-17-13-22(31-21-6-4-3-5-19(17)21)23-20(14-30-15-28)25-26-24(23)29/h3-15,25H,1-2H3,(H,26,29). The van der Waals surface area contributed by atoms with Gasteiger partial charge in [-0.05, 0) is 35.4 Å². The first-order valence-electron chi connectivity index (χ1n) is 9.61. The lowest BCUT2D eigenvalue weighted by molar-refractivity contribution is -0.122. The third kappa shape index (κ3) is 4.20. The van der Waals surface area contributed by atoms with Crippen LogP contribution in [0, 0.1) is 0 Å². The van der Waals surface area contributed by atoms with E-state index in [2.05, 4.69) is 27.1 Å². The van der Waals surface area contributed by atoms with Crippen LogP contribution in [-0.4, -0.2) is 30.8 Å². The van der Waals surface area contributed by atoms with Crippen molar-refractivity contribution in [2.24, 2.45) is 0 Å². The molecule has 1 aromatic heterocycles. The predicted octanol–water partition coefficient (Wildman–Crippen LogP) is 1.98. The quantitative estimate of drug-likeness (QED) is 0.623. The Morgan fingerprint density at radius 3 is 2.52 bits per heavy atom. The maximum absolute atomic E-state index is 12.4. The van der Waals surface area contributed by atoms with Crippen molar-refractivity contribution in [2.45, 2.75) is 0 Å². The molecule has 0 unspecified atom stereocenters. The Kier molecular flexibility index (Phi) is 5.57. The van der Waals surface area contributed by atoms with E-state index in [1.807, 2.05) is 67.5 Å². The van der Waals surface area contributed by atoms with E-state index in [-0.39, 0.29) is 17.3 Å². The largest absolute Gasteiger partial charge is 0.456 e. The number of fused-ring (bicyclic) bond motifs is 1. The Morgan fingerprint density at radius 2 is 1.77 bits per heavy atom. The van der Waals surface area contributed by atoms with E-state index in [4.69, 9.17) is 4.74 Å². The van der Waals surface area contributed by atoms with Crippen molar-refractivity contribution < 1.29 is 14.3 Å². The first-order valence-corrected chi connectivity index (χ1v) is 9.61. The van der Waals surface area contributed by atoms with Gasteiger partial charge in [0, 0.05) is 25.3 Å². The second-order valence-corrected chi connectivity index (χ2v) is 7.10. The molecule has 0 saturated heterocycles. The molecule has 0 aliphatic carbocycles. The van der Waals surface area contributed by atoms with E-state index >= 15 is 0 Å². The number of carbonyl (C=O) groups excluding carboxylic acids is 1. The van der Waals surface area contributed by atoms with Gasteiger partial charge < -0.3 is 14.4 Å². The van der Waals surface area contributed by atoms with Crippen molar-refractivity contribution in [3.05, 3.63) is 92.7 Å². The van der Waals surface area contributed by atoms with Gasteiger partial charge in [0.2, 0.25) is 0 Å². The number of aromatic nitrogens is 2. The summed E-state index contributed by atoms with van der Waals surface area (Å²) in [6.07, 6.45) is 6.95. The summed E-state index contributed by atoms with van der Waals surface area (Å²) >= 11 is 0. The second kappa shape index (κ2) is 8.62. The molecule has 7 heteroatoms. The Balaban J connectivity index is 1.82. The number of ether oxygens (including phenoxy) is 2. The molecule has 4 rings (SSSR count). The Hall–Kier alpha value is -4.26. The zero-order chi connectivity index (χ0) is 21.8. The summed E-state index contributed by atoms with van der Waals surface area (Å²) in [5, 5.41) is 5.74. The van der Waals surface area contributed by atoms with Crippen molar-refractivity contribution in [1.82, 2.24) is 10.2 Å². The highest BCUT2D eigenvalue weighted by molar-refractivity contribution is 5.89. The Morgan fingerprint density at radius 1 is 1.00 bits per heavy atom. The maximum Gasteiger partial charge on any atom is 0.297 e. The molecule has 3 aromatic rings. The van der Waals surface area contributed by atoms with Gasteiger partial charge in [-0.15, -0.1) is 0 Å². The van der Waals surface area contributed by atoms with Gasteiger partial charge in [-0.25, -0.2) is 0 Å². The van der Waals surface area contributed by atoms with Crippen LogP contribution in [0.2, 0.25) is 0 Å². The highest BCUT2D eigenvalue weighted by Gasteiger charge is 2.17. The molecule has 0 bridgehead atoms. The monoisotopic (exact) mass is 415 g/mol. The number of H-pyrrole nitrogens is 2. The molecule has 0 saturated carbocycles. The van der Waals surface area contributed by atoms with Crippen molar-refractivity contribution in [2.75, 3.05) is 19.0 Å². The summed E-state index contributed by atoms with van der Waals surface area (Å²) in [7, 11) is 4.00. The number of rotatable bonds is 5. The van der Waals surface area contributed by atoms with Gasteiger partial charge in [0.05, 0.1) is 0 Å². The zero-order valence-corrected chi connectivity index (χ0v) is 17.1. The fourth-order valence-electron chi connectivity index (χ4n) is 3.29. The number of nitrogens with one attached hydrogen (secondary N) is 2. The number of hydrogen-bond acceptors (Lipinski definition) is 5. The zero-order valence-electron chi connectivity index (χ0n) is 17.1. The SMILES string of the molecule is CN(C)c1ccc(C=CC2=CC(=c3c(=O)[nH][nH]c3=COC=O)Oc3ccccc32)cc1. The molecule has 7 nitrogen and oxygen atoms in total. The highest BCUT2D eigenvalue weighted by Crippen LogP contribution is 2.34. The van der Waals surface area contributed by atoms with Crippen LogP contribution in [0.5, 0.6) is 5.75 Å². The number of nitrogens with zero attached hydrogens (tertiary/aromatic N) is 1. The van der Waals surface area contributed by atoms with E-state index in [0.717, 1.165) is 28.6 Å². The summed E-state index contributed by atoms with van der Waals surface area (Å²) in [4.78, 5) is 25.0. The molecule has 2 heterocycles. The van der Waals surface area contributed by atoms with Crippen LogP contribution in [0.3, 0.4) is 0 Å². The number of benzene rings is 2. The lowest BCUT2D eigenvalue weighted by Gasteiger charge is -2.18. The molecule has 156 valence electrons. The average molecular weight is 415 g/mol. The van der Waals surface area contributed by atoms with Crippen LogP contribution in [0.4, 0.5) is 5.69 Å². The number of allylic oxidation sites excluding steroid dienone is 2. The van der Waals surface area contributed by atoms with Crippen LogP contribution >= 0.6 is 0 Å². The molecule has 1 aliphatic heterocycles. The lowest BCUT2D eigenvalue weighted by Crippen LogP contribution is -2.37. The molecule has 0 radical (unpaired) electrons. The molecule has 0 fully saturated rings. The smallest absolute Gasteiger partial charge is 0.297 e. The van der Waals surface area contributed by atoms with Gasteiger partial charge in [-0.1, -0.05) is 42.5 Å². The minimum absolute atomic E-state index is 0.248. The van der Waals surface area contributed by atoms with Gasteiger partial charge in [0.25, 0.3) is 12.0 Å². The minimum Gasteiger partial charge on any atom is -0.456 e. The number of hydrogen-bond donors (Lipinski definition) is 2. The summed E-state index contributed by atoms with van der Waals surface area (Å²) in [5.41, 5.74) is 3.58. The summed E-state index contributed by atoms with van der Waals surface area (Å²) in [5.74, 6) is 0.981. The second-order valence-electron chi connectivity index (χ2n) is 7.10. The van der Waals surface area contributed by atoms with Crippen molar-refractivity contribution in [3.8, 4) is 5.75 Å². The van der Waals surface area contributed by atoms with Crippen LogP contribution < -0.4 is 25.8 Å². The Bertz CT molecular complexity index is 1340. The molecule has 0 spiro atoms. The molecular weight excluding hydrogens is 394 g/mol. The lowest BCUT2D eigenvalue weighted by atomic mass is 10.00. The minimum atomic E-state index is -0.381. The van der Waals surface area contributed by atoms with E-state index in [0.29, 0.717) is 16.9 Å². The number of para-hydroxylation sites is 1. The normalized spacial score (nSPS) is 15.3. The summed E-state index contributed by atoms with van der Waals surface area (Å²) in [6.45, 7) is 0.280. The van der Waals surface area contributed by atoms with Gasteiger partial charge in [-0.2, -0.15) is 0 Å². The molecule has 0 amide bonds. The van der Waals surface area contributed by atoms with Crippen LogP contribution in [-0.2, 0) is 9.53 Å². The van der Waals surface area contributed by atoms with Gasteiger partial charge >= 0.3 is 0 Å². The van der Waals surface area contributed by atoms with Crippen LogP contribution in [0.25, 0.3) is 23.7 Å². The van der Waals surface area contributed by atoms with E-state index in [1.165, 1.54) is 0 Å². The first kappa shape index (κ1) is 20.0. The van der Waals surface area contributed by atoms with Gasteiger partial charge in [0.15, 0.2) is 0 Å². The highest BCUT2D eigenvalue weighted by atomic mass is 16.5. The van der Waals surface area contributed by atoms with Crippen LogP contribution in [0.1, 0.15) is 11.1 Å². The maximum atomic E-state index is 12.4. The summed E-state index contributed by atoms with van der Waals surface area (Å²) < 4.78 is 10.7. The molecule has 2 aromatic carbocycles. The molecular formula is C24H21N3O4. The third-order valence-electron chi connectivity index (χ3n) is 4.86. The number of carbonyl (C=O) groups is 1. The average Bonchev–Trinajstić information content (AvgIpc) is 3.16. The van der Waals surface area contributed by atoms with Gasteiger partial charge in [0.1, 0.15) is 28.3 Å². The van der Waals surface area contributed by atoms with E-state index in [9.17, 15) is 9.59 Å². The van der Waals surface area contributed by atoms with E-state index < -0.39 is 0 Å². The fourth-order valence-corrected chi connectivity index (χ4v) is 3.29. The third-order valence-corrected chi connectivity index (χ3v) is 4.86. The molecule has 31 heavy (non-hydrogen) atoms. The Labute approximate surface area is 178 Å². The van der Waals surface area contributed by atoms with Crippen molar-refractivity contribution >= 4 is 35.8 Å². The predicted molar refractivity (Wildman–Crippen MR) is 121 cm³/mol. The number of aromatic amines is 2. The fraction of sp³-hybridized carbons (Fsp3) is 0.0833.